The van der Waals surface area contributed by atoms with Crippen molar-refractivity contribution < 1.29 is 36.4 Å². The van der Waals surface area contributed by atoms with Crippen molar-refractivity contribution in [3.05, 3.63) is 41.0 Å². The zero-order valence-electron chi connectivity index (χ0n) is 23.5. The minimum absolute atomic E-state index is 0.0413. The molecular formula is C26H36N4O8S. The van der Waals surface area contributed by atoms with Crippen molar-refractivity contribution >= 4 is 27.7 Å². The number of pyridine rings is 1. The zero-order chi connectivity index (χ0) is 28.9. The van der Waals surface area contributed by atoms with Gasteiger partial charge in [0.25, 0.3) is 10.1 Å². The fourth-order valence-electron chi connectivity index (χ4n) is 4.91. The summed E-state index contributed by atoms with van der Waals surface area (Å²) >= 11 is 0. The summed E-state index contributed by atoms with van der Waals surface area (Å²) in [5.41, 5.74) is 1.20. The van der Waals surface area contributed by atoms with Crippen molar-refractivity contribution in [2.45, 2.75) is 84.5 Å². The predicted octanol–water partition coefficient (Wildman–Crippen LogP) is 3.21. The first-order valence-corrected chi connectivity index (χ1v) is 14.5. The molecule has 2 aromatic rings. The van der Waals surface area contributed by atoms with Crippen LogP contribution in [0.1, 0.15) is 68.3 Å². The van der Waals surface area contributed by atoms with E-state index in [9.17, 15) is 18.0 Å². The molecule has 1 aliphatic heterocycles. The average Bonchev–Trinajstić information content (AvgIpc) is 3.40. The van der Waals surface area contributed by atoms with Gasteiger partial charge in [0, 0.05) is 29.6 Å². The van der Waals surface area contributed by atoms with E-state index < -0.39 is 45.6 Å². The Morgan fingerprint density at radius 1 is 1.21 bits per heavy atom. The molecule has 2 fully saturated rings. The molecule has 214 valence electrons. The van der Waals surface area contributed by atoms with E-state index in [0.29, 0.717) is 23.4 Å². The minimum atomic E-state index is -3.63. The molecule has 0 unspecified atom stereocenters. The van der Waals surface area contributed by atoms with Gasteiger partial charge < -0.3 is 19.5 Å². The van der Waals surface area contributed by atoms with Crippen LogP contribution in [0.3, 0.4) is 0 Å². The lowest BCUT2D eigenvalue weighted by Crippen LogP contribution is -2.35. The van der Waals surface area contributed by atoms with Crippen molar-refractivity contribution in [3.8, 4) is 0 Å². The Hall–Kier alpha value is -2.87. The first-order valence-electron chi connectivity index (χ1n) is 12.7. The van der Waals surface area contributed by atoms with Gasteiger partial charge in [-0.2, -0.15) is 18.2 Å². The number of aromatic nitrogens is 3. The maximum atomic E-state index is 13.7. The monoisotopic (exact) mass is 564 g/mol. The van der Waals surface area contributed by atoms with E-state index in [1.807, 2.05) is 0 Å². The summed E-state index contributed by atoms with van der Waals surface area (Å²) < 4.78 is 47.1. The summed E-state index contributed by atoms with van der Waals surface area (Å²) in [7, 11) is -3.63. The Bertz CT molecular complexity index is 1380. The van der Waals surface area contributed by atoms with Crippen LogP contribution in [0.5, 0.6) is 0 Å². The highest BCUT2D eigenvalue weighted by molar-refractivity contribution is 7.85. The lowest BCUT2D eigenvalue weighted by atomic mass is 10.0. The van der Waals surface area contributed by atoms with Crippen molar-refractivity contribution in [1.82, 2.24) is 14.8 Å². The van der Waals surface area contributed by atoms with E-state index >= 15 is 0 Å². The SMILES string of the molecule is Cc1c(C(=O)c2cnccc2N[C@@H]2C[C@H](COS(C)(=O)=O)[C@H]3OC(C)(C)O[C@H]32)nn(C(=O)OC(C)(C)C)c1C. The molecule has 0 aromatic carbocycles. The van der Waals surface area contributed by atoms with E-state index in [4.69, 9.17) is 18.4 Å². The van der Waals surface area contributed by atoms with E-state index in [-0.39, 0.29) is 29.8 Å². The Morgan fingerprint density at radius 3 is 2.51 bits per heavy atom. The number of hydrogen-bond donors (Lipinski definition) is 1. The van der Waals surface area contributed by atoms with Crippen LogP contribution in [0.25, 0.3) is 0 Å². The predicted molar refractivity (Wildman–Crippen MR) is 141 cm³/mol. The molecule has 1 saturated carbocycles. The first-order chi connectivity index (χ1) is 18.0. The third-order valence-corrected chi connectivity index (χ3v) is 7.25. The van der Waals surface area contributed by atoms with Crippen molar-refractivity contribution in [3.63, 3.8) is 0 Å². The molecule has 0 bridgehead atoms. The molecule has 1 aliphatic carbocycles. The van der Waals surface area contributed by atoms with Crippen LogP contribution in [0.2, 0.25) is 0 Å². The highest BCUT2D eigenvalue weighted by Crippen LogP contribution is 2.43. The van der Waals surface area contributed by atoms with Gasteiger partial charge in [0.05, 0.1) is 36.3 Å². The maximum Gasteiger partial charge on any atom is 0.435 e. The van der Waals surface area contributed by atoms with Gasteiger partial charge >= 0.3 is 6.09 Å². The molecule has 12 nitrogen and oxygen atoms in total. The third-order valence-electron chi connectivity index (χ3n) is 6.68. The van der Waals surface area contributed by atoms with Gasteiger partial charge in [0.15, 0.2) is 5.79 Å². The molecule has 0 spiro atoms. The molecule has 1 saturated heterocycles. The normalized spacial score (nSPS) is 24.4. The van der Waals surface area contributed by atoms with Gasteiger partial charge in [-0.25, -0.2) is 4.79 Å². The smallest absolute Gasteiger partial charge is 0.435 e. The number of nitrogens with one attached hydrogen (secondary N) is 1. The van der Waals surface area contributed by atoms with Gasteiger partial charge in [-0.1, -0.05) is 0 Å². The molecule has 13 heteroatoms. The fraction of sp³-hybridized carbons (Fsp3) is 0.615. The Morgan fingerprint density at radius 2 is 1.87 bits per heavy atom. The van der Waals surface area contributed by atoms with Crippen molar-refractivity contribution in [1.29, 1.82) is 0 Å². The standard InChI is InChI=1S/C26H36N4O8S/c1-14-15(2)30(24(32)38-25(3,4)5)29-20(14)21(31)17-12-27-10-9-18(17)28-19-11-16(13-35-39(8,33)34)22-23(19)37-26(6,7)36-22/h9-10,12,16,19,22-23H,11,13H2,1-8H3,(H,27,28)/t16-,19-,22-,23+/m1/s1. The van der Waals surface area contributed by atoms with Crippen LogP contribution in [0.15, 0.2) is 18.5 Å². The molecule has 3 heterocycles. The Balaban J connectivity index is 1.60. The fourth-order valence-corrected chi connectivity index (χ4v) is 5.33. The number of anilines is 1. The van der Waals surface area contributed by atoms with E-state index in [0.717, 1.165) is 10.9 Å². The largest absolute Gasteiger partial charge is 0.442 e. The van der Waals surface area contributed by atoms with Gasteiger partial charge in [-0.15, -0.1) is 0 Å². The average molecular weight is 565 g/mol. The van der Waals surface area contributed by atoms with Crippen LogP contribution in [0.4, 0.5) is 10.5 Å². The molecule has 39 heavy (non-hydrogen) atoms. The summed E-state index contributed by atoms with van der Waals surface area (Å²) in [6, 6.07) is 1.37. The number of hydrogen-bond acceptors (Lipinski definition) is 11. The first kappa shape index (κ1) is 29.1. The maximum absolute atomic E-state index is 13.7. The van der Waals surface area contributed by atoms with Gasteiger partial charge in [-0.3, -0.25) is 14.0 Å². The van der Waals surface area contributed by atoms with E-state index in [2.05, 4.69) is 15.4 Å². The minimum Gasteiger partial charge on any atom is -0.442 e. The van der Waals surface area contributed by atoms with Crippen molar-refractivity contribution in [2.75, 3.05) is 18.2 Å². The number of ether oxygens (including phenoxy) is 3. The van der Waals surface area contributed by atoms with Crippen LogP contribution in [0, 0.1) is 19.8 Å². The molecule has 1 N–H and O–H groups in total. The Labute approximate surface area is 228 Å². The molecule has 4 rings (SSSR count). The van der Waals surface area contributed by atoms with Gasteiger partial charge in [-0.05, 0) is 61.0 Å². The number of carbonyl (C=O) groups excluding carboxylic acids is 2. The topological polar surface area (TPSA) is 148 Å². The summed E-state index contributed by atoms with van der Waals surface area (Å²) in [6.45, 7) is 12.2. The quantitative estimate of drug-likeness (QED) is 0.390. The second-order valence-corrected chi connectivity index (χ2v) is 13.1. The lowest BCUT2D eigenvalue weighted by molar-refractivity contribution is -0.158. The van der Waals surface area contributed by atoms with E-state index in [1.54, 1.807) is 60.7 Å². The molecule has 4 atom stereocenters. The van der Waals surface area contributed by atoms with Crippen LogP contribution in [-0.4, -0.2) is 77.6 Å². The third kappa shape index (κ3) is 6.48. The number of carbonyl (C=O) groups is 2. The lowest BCUT2D eigenvalue weighted by Gasteiger charge is -2.25. The highest BCUT2D eigenvalue weighted by atomic mass is 32.2. The van der Waals surface area contributed by atoms with Gasteiger partial charge in [0.1, 0.15) is 17.4 Å². The van der Waals surface area contributed by atoms with Crippen LogP contribution in [-0.2, 0) is 28.5 Å². The molecular weight excluding hydrogens is 528 g/mol. The second kappa shape index (κ2) is 10.3. The second-order valence-electron chi connectivity index (χ2n) is 11.5. The van der Waals surface area contributed by atoms with Crippen molar-refractivity contribution in [2.24, 2.45) is 5.92 Å². The molecule has 2 aliphatic rings. The number of ketones is 1. The zero-order valence-corrected chi connectivity index (χ0v) is 24.3. The highest BCUT2D eigenvalue weighted by Gasteiger charge is 2.54. The van der Waals surface area contributed by atoms with Gasteiger partial charge in [0.2, 0.25) is 5.78 Å². The number of nitrogens with zero attached hydrogens (tertiary/aromatic N) is 3. The Kier molecular flexibility index (Phi) is 7.67. The van der Waals surface area contributed by atoms with Crippen LogP contribution >= 0.6 is 0 Å². The summed E-state index contributed by atoms with van der Waals surface area (Å²) in [5, 5.41) is 7.69. The number of rotatable bonds is 7. The van der Waals surface area contributed by atoms with Crippen LogP contribution < -0.4 is 5.32 Å². The molecule has 0 amide bonds. The summed E-state index contributed by atoms with van der Waals surface area (Å²) in [6.07, 6.45) is 3.03. The summed E-state index contributed by atoms with van der Waals surface area (Å²) in [4.78, 5) is 30.5. The summed E-state index contributed by atoms with van der Waals surface area (Å²) in [5.74, 6) is -1.53. The molecule has 2 aromatic heterocycles. The van der Waals surface area contributed by atoms with E-state index in [1.165, 1.54) is 6.20 Å². The molecule has 0 radical (unpaired) electrons. The number of fused-ring (bicyclic) bond motifs is 1.